The van der Waals surface area contributed by atoms with E-state index >= 15 is 0 Å². The highest BCUT2D eigenvalue weighted by atomic mass is 16.4. The number of hydrogen-bond acceptors (Lipinski definition) is 2. The summed E-state index contributed by atoms with van der Waals surface area (Å²) >= 11 is 0. The molecule has 1 aromatic carbocycles. The van der Waals surface area contributed by atoms with E-state index in [1.165, 1.54) is 0 Å². The number of benzene rings is 1. The van der Waals surface area contributed by atoms with Crippen molar-refractivity contribution in [3.8, 4) is 0 Å². The van der Waals surface area contributed by atoms with Crippen molar-refractivity contribution in [1.29, 1.82) is 0 Å². The Morgan fingerprint density at radius 1 is 1.47 bits per heavy atom. The third-order valence-corrected chi connectivity index (χ3v) is 2.93. The standard InChI is InChI=1S/C13H16N2O2/c1-2-9-7-10-3-5-15(6-4-14)12(10)11(8-9)13(16)17/h3,5,7-8H,2,4,6,14H2,1H3,(H,16,17). The summed E-state index contributed by atoms with van der Waals surface area (Å²) in [5.74, 6) is -0.887. The van der Waals surface area contributed by atoms with Crippen LogP contribution in [0.5, 0.6) is 0 Å². The van der Waals surface area contributed by atoms with Crippen LogP contribution in [0.4, 0.5) is 0 Å². The number of aryl methyl sites for hydroxylation is 1. The smallest absolute Gasteiger partial charge is 0.337 e. The third kappa shape index (κ3) is 2.03. The Balaban J connectivity index is 2.71. The van der Waals surface area contributed by atoms with Crippen molar-refractivity contribution in [2.24, 2.45) is 5.73 Å². The Bertz CT molecular complexity index is 558. The van der Waals surface area contributed by atoms with Crippen molar-refractivity contribution in [3.63, 3.8) is 0 Å². The summed E-state index contributed by atoms with van der Waals surface area (Å²) in [6, 6.07) is 5.73. The highest BCUT2D eigenvalue weighted by molar-refractivity contribution is 6.02. The molecule has 0 fully saturated rings. The summed E-state index contributed by atoms with van der Waals surface area (Å²) in [5.41, 5.74) is 7.69. The van der Waals surface area contributed by atoms with Crippen molar-refractivity contribution < 1.29 is 9.90 Å². The Kier molecular flexibility index (Phi) is 3.15. The molecule has 3 N–H and O–H groups in total. The van der Waals surface area contributed by atoms with Gasteiger partial charge in [-0.2, -0.15) is 0 Å². The van der Waals surface area contributed by atoms with E-state index in [1.54, 1.807) is 6.07 Å². The lowest BCUT2D eigenvalue weighted by Crippen LogP contribution is -2.11. The number of aromatic carboxylic acids is 1. The fraction of sp³-hybridized carbons (Fsp3) is 0.308. The molecule has 0 amide bonds. The molecular weight excluding hydrogens is 216 g/mol. The van der Waals surface area contributed by atoms with Gasteiger partial charge in [-0.3, -0.25) is 0 Å². The molecule has 0 aliphatic rings. The average molecular weight is 232 g/mol. The molecule has 0 radical (unpaired) electrons. The second-order valence-corrected chi connectivity index (χ2v) is 4.04. The van der Waals surface area contributed by atoms with Crippen molar-refractivity contribution >= 4 is 16.9 Å². The van der Waals surface area contributed by atoms with Crippen LogP contribution in [0.15, 0.2) is 24.4 Å². The number of carbonyl (C=O) groups is 1. The van der Waals surface area contributed by atoms with Crippen molar-refractivity contribution in [3.05, 3.63) is 35.5 Å². The van der Waals surface area contributed by atoms with Gasteiger partial charge in [-0.25, -0.2) is 4.79 Å². The zero-order chi connectivity index (χ0) is 12.4. The number of nitrogens with zero attached hydrogens (tertiary/aromatic N) is 1. The average Bonchev–Trinajstić information content (AvgIpc) is 2.71. The van der Waals surface area contributed by atoms with Crippen LogP contribution in [0.3, 0.4) is 0 Å². The van der Waals surface area contributed by atoms with Gasteiger partial charge in [0.15, 0.2) is 0 Å². The summed E-state index contributed by atoms with van der Waals surface area (Å²) in [6.07, 6.45) is 2.72. The summed E-state index contributed by atoms with van der Waals surface area (Å²) in [6.45, 7) is 3.15. The molecule has 4 heteroatoms. The molecule has 1 heterocycles. The quantitative estimate of drug-likeness (QED) is 0.845. The van der Waals surface area contributed by atoms with Gasteiger partial charge in [-0.15, -0.1) is 0 Å². The van der Waals surface area contributed by atoms with Gasteiger partial charge in [-0.05, 0) is 30.2 Å². The van der Waals surface area contributed by atoms with Gasteiger partial charge in [-0.1, -0.05) is 6.92 Å². The fourth-order valence-corrected chi connectivity index (χ4v) is 2.10. The summed E-state index contributed by atoms with van der Waals surface area (Å²) in [4.78, 5) is 11.3. The van der Waals surface area contributed by atoms with E-state index in [4.69, 9.17) is 5.73 Å². The van der Waals surface area contributed by atoms with Crippen molar-refractivity contribution in [2.75, 3.05) is 6.54 Å². The van der Waals surface area contributed by atoms with Gasteiger partial charge in [0, 0.05) is 24.7 Å². The predicted molar refractivity (Wildman–Crippen MR) is 67.3 cm³/mol. The van der Waals surface area contributed by atoms with E-state index < -0.39 is 5.97 Å². The van der Waals surface area contributed by atoms with E-state index in [2.05, 4.69) is 0 Å². The Labute approximate surface area is 99.7 Å². The normalized spacial score (nSPS) is 10.9. The number of aromatic nitrogens is 1. The molecule has 0 aliphatic carbocycles. The van der Waals surface area contributed by atoms with Gasteiger partial charge in [0.2, 0.25) is 0 Å². The van der Waals surface area contributed by atoms with Crippen LogP contribution in [0, 0.1) is 0 Å². The minimum absolute atomic E-state index is 0.359. The molecule has 0 bridgehead atoms. The fourth-order valence-electron chi connectivity index (χ4n) is 2.10. The van der Waals surface area contributed by atoms with Crippen molar-refractivity contribution in [2.45, 2.75) is 19.9 Å². The van der Waals surface area contributed by atoms with Crippen LogP contribution < -0.4 is 5.73 Å². The van der Waals surface area contributed by atoms with E-state index in [1.807, 2.05) is 29.8 Å². The molecular formula is C13H16N2O2. The Morgan fingerprint density at radius 2 is 2.24 bits per heavy atom. The number of nitrogens with two attached hydrogens (primary N) is 1. The van der Waals surface area contributed by atoms with Gasteiger partial charge < -0.3 is 15.4 Å². The molecule has 0 aliphatic heterocycles. The van der Waals surface area contributed by atoms with Crippen molar-refractivity contribution in [1.82, 2.24) is 4.57 Å². The molecule has 0 unspecified atom stereocenters. The lowest BCUT2D eigenvalue weighted by atomic mass is 10.0. The molecule has 4 nitrogen and oxygen atoms in total. The maximum Gasteiger partial charge on any atom is 0.337 e. The molecule has 0 saturated carbocycles. The molecule has 2 rings (SSSR count). The number of carboxylic acids is 1. The molecule has 17 heavy (non-hydrogen) atoms. The number of rotatable bonds is 4. The van der Waals surface area contributed by atoms with Crippen LogP contribution in [0.2, 0.25) is 0 Å². The molecule has 90 valence electrons. The monoisotopic (exact) mass is 232 g/mol. The molecule has 0 atom stereocenters. The lowest BCUT2D eigenvalue weighted by Gasteiger charge is -2.08. The minimum atomic E-state index is -0.887. The van der Waals surface area contributed by atoms with Gasteiger partial charge in [0.1, 0.15) is 0 Å². The highest BCUT2D eigenvalue weighted by Gasteiger charge is 2.13. The van der Waals surface area contributed by atoms with Gasteiger partial charge in [0.25, 0.3) is 0 Å². The first-order valence-electron chi connectivity index (χ1n) is 5.72. The van der Waals surface area contributed by atoms with Gasteiger partial charge in [0.05, 0.1) is 11.1 Å². The van der Waals surface area contributed by atoms with E-state index in [0.717, 1.165) is 22.9 Å². The Morgan fingerprint density at radius 3 is 2.82 bits per heavy atom. The third-order valence-electron chi connectivity index (χ3n) is 2.93. The maximum absolute atomic E-state index is 11.3. The molecule has 0 saturated heterocycles. The number of fused-ring (bicyclic) bond motifs is 1. The van der Waals surface area contributed by atoms with Crippen LogP contribution in [-0.4, -0.2) is 22.2 Å². The minimum Gasteiger partial charge on any atom is -0.478 e. The molecule has 2 aromatic rings. The first-order valence-corrected chi connectivity index (χ1v) is 5.72. The number of carboxylic acid groups (broad SMARTS) is 1. The topological polar surface area (TPSA) is 68.2 Å². The van der Waals surface area contributed by atoms with Crippen LogP contribution in [0.1, 0.15) is 22.8 Å². The SMILES string of the molecule is CCc1cc(C(=O)O)c2c(ccn2CCN)c1. The lowest BCUT2D eigenvalue weighted by molar-refractivity contribution is 0.0698. The second-order valence-electron chi connectivity index (χ2n) is 4.04. The van der Waals surface area contributed by atoms with E-state index in [0.29, 0.717) is 18.7 Å². The molecule has 1 aromatic heterocycles. The van der Waals surface area contributed by atoms with Crippen LogP contribution in [0.25, 0.3) is 10.9 Å². The number of hydrogen-bond donors (Lipinski definition) is 2. The first kappa shape index (κ1) is 11.7. The summed E-state index contributed by atoms with van der Waals surface area (Å²) < 4.78 is 1.90. The zero-order valence-corrected chi connectivity index (χ0v) is 9.81. The van der Waals surface area contributed by atoms with Gasteiger partial charge >= 0.3 is 5.97 Å². The highest BCUT2D eigenvalue weighted by Crippen LogP contribution is 2.23. The Hall–Kier alpha value is -1.81. The van der Waals surface area contributed by atoms with Crippen LogP contribution in [-0.2, 0) is 13.0 Å². The van der Waals surface area contributed by atoms with E-state index in [9.17, 15) is 9.90 Å². The maximum atomic E-state index is 11.3. The summed E-state index contributed by atoms with van der Waals surface area (Å²) in [7, 11) is 0. The largest absolute Gasteiger partial charge is 0.478 e. The molecule has 0 spiro atoms. The van der Waals surface area contributed by atoms with Crippen LogP contribution >= 0.6 is 0 Å². The van der Waals surface area contributed by atoms with E-state index in [-0.39, 0.29) is 0 Å². The predicted octanol–water partition coefficient (Wildman–Crippen LogP) is 1.86. The first-order chi connectivity index (χ1) is 8.17. The zero-order valence-electron chi connectivity index (χ0n) is 9.81. The second kappa shape index (κ2) is 4.59. The summed E-state index contributed by atoms with van der Waals surface area (Å²) in [5, 5.41) is 10.2.